The lowest BCUT2D eigenvalue weighted by molar-refractivity contribution is 0.130. The van der Waals surface area contributed by atoms with Crippen LogP contribution in [0.5, 0.6) is 5.75 Å². The molecule has 36 heavy (non-hydrogen) atoms. The maximum atomic E-state index is 5.66. The van der Waals surface area contributed by atoms with Gasteiger partial charge in [-0.05, 0) is 67.7 Å². The molecule has 2 aliphatic rings. The zero-order valence-corrected chi connectivity index (χ0v) is 20.5. The molecule has 4 aromatic rings. The fourth-order valence-corrected chi connectivity index (χ4v) is 5.12. The molecule has 1 saturated heterocycles. The van der Waals surface area contributed by atoms with Gasteiger partial charge in [-0.3, -0.25) is 5.32 Å². The molecular weight excluding hydrogens is 454 g/mol. The molecule has 0 atom stereocenters. The van der Waals surface area contributed by atoms with Crippen LogP contribution in [0.1, 0.15) is 29.9 Å². The first-order chi connectivity index (χ1) is 17.8. The number of nitrogens with zero attached hydrogens (tertiary/aromatic N) is 5. The summed E-state index contributed by atoms with van der Waals surface area (Å²) in [5.41, 5.74) is 6.09. The lowest BCUT2D eigenvalue weighted by Gasteiger charge is -2.32. The number of hydrogen-bond acceptors (Lipinski definition) is 8. The van der Waals surface area contributed by atoms with Crippen molar-refractivity contribution in [2.75, 3.05) is 45.4 Å². The van der Waals surface area contributed by atoms with Gasteiger partial charge in [0.25, 0.3) is 0 Å². The highest BCUT2D eigenvalue weighted by atomic mass is 16.5. The van der Waals surface area contributed by atoms with Crippen molar-refractivity contribution in [2.24, 2.45) is 0 Å². The number of hydrogen-bond donors (Lipinski definition) is 2. The summed E-state index contributed by atoms with van der Waals surface area (Å²) in [4.78, 5) is 11.7. The Bertz CT molecular complexity index is 1330. The van der Waals surface area contributed by atoms with Crippen LogP contribution in [-0.4, -0.2) is 64.6 Å². The van der Waals surface area contributed by atoms with Crippen molar-refractivity contribution in [3.63, 3.8) is 0 Å². The molecule has 9 nitrogen and oxygen atoms in total. The number of likely N-dealkylation sites (tertiary alicyclic amines) is 1. The van der Waals surface area contributed by atoms with Crippen molar-refractivity contribution in [2.45, 2.75) is 25.3 Å². The highest BCUT2D eigenvalue weighted by molar-refractivity contribution is 5.74. The normalized spacial score (nSPS) is 16.6. The molecule has 1 fully saturated rings. The van der Waals surface area contributed by atoms with Crippen molar-refractivity contribution >= 4 is 17.2 Å². The van der Waals surface area contributed by atoms with E-state index in [9.17, 15) is 0 Å². The van der Waals surface area contributed by atoms with Gasteiger partial charge < -0.3 is 19.7 Å². The number of aromatic nitrogens is 4. The molecule has 0 spiro atoms. The van der Waals surface area contributed by atoms with Crippen LogP contribution in [0.3, 0.4) is 0 Å². The predicted molar refractivity (Wildman–Crippen MR) is 139 cm³/mol. The van der Waals surface area contributed by atoms with E-state index < -0.39 is 0 Å². The average molecular weight is 486 g/mol. The van der Waals surface area contributed by atoms with Crippen LogP contribution in [0.4, 0.5) is 11.5 Å². The Hall–Kier alpha value is -3.53. The van der Waals surface area contributed by atoms with E-state index in [4.69, 9.17) is 14.5 Å². The van der Waals surface area contributed by atoms with E-state index in [1.165, 1.54) is 18.4 Å². The zero-order valence-electron chi connectivity index (χ0n) is 20.5. The van der Waals surface area contributed by atoms with Gasteiger partial charge in [-0.1, -0.05) is 12.1 Å². The summed E-state index contributed by atoms with van der Waals surface area (Å²) >= 11 is 0. The smallest absolute Gasteiger partial charge is 0.199 e. The van der Waals surface area contributed by atoms with E-state index in [0.29, 0.717) is 24.1 Å². The van der Waals surface area contributed by atoms with E-state index in [0.717, 1.165) is 61.0 Å². The molecule has 2 aromatic heterocycles. The molecule has 2 N–H and O–H groups in total. The summed E-state index contributed by atoms with van der Waals surface area (Å²) in [5.74, 6) is 2.20. The zero-order chi connectivity index (χ0) is 24.3. The number of nitrogens with one attached hydrogen (secondary N) is 2. The number of rotatable bonds is 7. The number of fused-ring (bicyclic) bond motifs is 2. The Morgan fingerprint density at radius 3 is 2.81 bits per heavy atom. The quantitative estimate of drug-likeness (QED) is 0.409. The van der Waals surface area contributed by atoms with Crippen LogP contribution in [0.2, 0.25) is 0 Å². The minimum atomic E-state index is 0.538. The van der Waals surface area contributed by atoms with Gasteiger partial charge in [-0.15, -0.1) is 0 Å². The number of anilines is 2. The second-order valence-electron chi connectivity index (χ2n) is 9.38. The molecule has 6 rings (SSSR count). The summed E-state index contributed by atoms with van der Waals surface area (Å²) < 4.78 is 12.7. The molecule has 2 aliphatic heterocycles. The SMILES string of the molecule is COCCN1CCC(c2ccc(Nc3ncc(-c4ccc5c(c4)CNCO5)n4ncnc34)cc2)CC1. The first-order valence-electron chi connectivity index (χ1n) is 12.5. The highest BCUT2D eigenvalue weighted by Gasteiger charge is 2.20. The summed E-state index contributed by atoms with van der Waals surface area (Å²) in [7, 11) is 1.77. The van der Waals surface area contributed by atoms with Crippen LogP contribution in [-0.2, 0) is 11.3 Å². The fraction of sp³-hybridized carbons (Fsp3) is 0.370. The largest absolute Gasteiger partial charge is 0.478 e. The summed E-state index contributed by atoms with van der Waals surface area (Å²) in [5, 5.41) is 11.1. The van der Waals surface area contributed by atoms with Crippen molar-refractivity contribution in [1.29, 1.82) is 0 Å². The molecule has 0 bridgehead atoms. The Labute approximate surface area is 210 Å². The van der Waals surface area contributed by atoms with Crippen LogP contribution in [0.25, 0.3) is 16.9 Å². The molecule has 0 radical (unpaired) electrons. The first kappa shape index (κ1) is 22.9. The second kappa shape index (κ2) is 10.2. The van der Waals surface area contributed by atoms with E-state index in [2.05, 4.69) is 55.9 Å². The summed E-state index contributed by atoms with van der Waals surface area (Å²) in [6.07, 6.45) is 5.78. The first-order valence-corrected chi connectivity index (χ1v) is 12.5. The number of piperidine rings is 1. The topological polar surface area (TPSA) is 88.8 Å². The van der Waals surface area contributed by atoms with Gasteiger partial charge in [-0.2, -0.15) is 5.10 Å². The highest BCUT2D eigenvalue weighted by Crippen LogP contribution is 2.31. The second-order valence-corrected chi connectivity index (χ2v) is 9.38. The van der Waals surface area contributed by atoms with Crippen molar-refractivity contribution in [3.05, 3.63) is 66.1 Å². The number of ether oxygens (including phenoxy) is 2. The molecule has 0 unspecified atom stereocenters. The van der Waals surface area contributed by atoms with Crippen molar-refractivity contribution < 1.29 is 9.47 Å². The molecule has 4 heterocycles. The maximum absolute atomic E-state index is 5.66. The van der Waals surface area contributed by atoms with E-state index in [1.807, 2.05) is 22.8 Å². The maximum Gasteiger partial charge on any atom is 0.199 e. The van der Waals surface area contributed by atoms with Crippen LogP contribution in [0.15, 0.2) is 55.0 Å². The van der Waals surface area contributed by atoms with Gasteiger partial charge >= 0.3 is 0 Å². The van der Waals surface area contributed by atoms with Gasteiger partial charge in [0.15, 0.2) is 11.5 Å². The van der Waals surface area contributed by atoms with E-state index >= 15 is 0 Å². The third-order valence-electron chi connectivity index (χ3n) is 7.15. The molecule has 186 valence electrons. The number of methoxy groups -OCH3 is 1. The average Bonchev–Trinajstić information content (AvgIpc) is 3.43. The predicted octanol–water partition coefficient (Wildman–Crippen LogP) is 3.80. The van der Waals surface area contributed by atoms with E-state index in [1.54, 1.807) is 13.4 Å². The molecule has 2 aromatic carbocycles. The lowest BCUT2D eigenvalue weighted by atomic mass is 9.89. The molecule has 0 amide bonds. The fourth-order valence-electron chi connectivity index (χ4n) is 5.12. The summed E-state index contributed by atoms with van der Waals surface area (Å²) in [6, 6.07) is 14.9. The standard InChI is InChI=1S/C27H31N7O2/c1-35-13-12-33-10-8-20(9-11-33)19-2-5-23(6-3-19)32-26-27-30-17-31-34(27)24(16-29-26)21-4-7-25-22(14-21)15-28-18-36-25/h2-7,14,16-17,20,28H,8-13,15,18H2,1H3,(H,29,32). The van der Waals surface area contributed by atoms with Gasteiger partial charge in [0.2, 0.25) is 0 Å². The monoisotopic (exact) mass is 485 g/mol. The van der Waals surface area contributed by atoms with E-state index in [-0.39, 0.29) is 0 Å². The van der Waals surface area contributed by atoms with Crippen LogP contribution < -0.4 is 15.4 Å². The van der Waals surface area contributed by atoms with Gasteiger partial charge in [0.1, 0.15) is 18.8 Å². The lowest BCUT2D eigenvalue weighted by Crippen LogP contribution is -2.35. The minimum absolute atomic E-state index is 0.538. The third kappa shape index (κ3) is 4.65. The minimum Gasteiger partial charge on any atom is -0.478 e. The van der Waals surface area contributed by atoms with Crippen molar-refractivity contribution in [1.82, 2.24) is 29.8 Å². The third-order valence-corrected chi connectivity index (χ3v) is 7.15. The van der Waals surface area contributed by atoms with Gasteiger partial charge in [0.05, 0.1) is 18.5 Å². The van der Waals surface area contributed by atoms with Gasteiger partial charge in [-0.25, -0.2) is 14.5 Å². The molecule has 0 saturated carbocycles. The van der Waals surface area contributed by atoms with Gasteiger partial charge in [0, 0.05) is 37.0 Å². The van der Waals surface area contributed by atoms with Crippen molar-refractivity contribution in [3.8, 4) is 17.0 Å². The summed E-state index contributed by atoms with van der Waals surface area (Å²) in [6.45, 7) is 5.40. The molecule has 0 aliphatic carbocycles. The Morgan fingerprint density at radius 2 is 1.97 bits per heavy atom. The van der Waals surface area contributed by atoms with Crippen LogP contribution >= 0.6 is 0 Å². The Balaban J connectivity index is 1.17. The Morgan fingerprint density at radius 1 is 1.11 bits per heavy atom. The Kier molecular flexibility index (Phi) is 6.50. The molecular formula is C27H31N7O2. The van der Waals surface area contributed by atoms with Crippen LogP contribution in [0, 0.1) is 0 Å². The number of benzene rings is 2. The molecule has 9 heteroatoms.